The molecule has 1 aliphatic heterocycles. The van der Waals surface area contributed by atoms with Crippen LogP contribution in [0.2, 0.25) is 0 Å². The summed E-state index contributed by atoms with van der Waals surface area (Å²) < 4.78 is 19.1. The fourth-order valence-electron chi connectivity index (χ4n) is 3.46. The van der Waals surface area contributed by atoms with Gasteiger partial charge in [-0.1, -0.05) is 54.2 Å². The quantitative estimate of drug-likeness (QED) is 0.400. The summed E-state index contributed by atoms with van der Waals surface area (Å²) in [5.41, 5.74) is 1.10. The minimum absolute atomic E-state index is 0.115. The number of hydrogen-bond donors (Lipinski definition) is 1. The highest BCUT2D eigenvalue weighted by molar-refractivity contribution is 7.99. The molecule has 3 heterocycles. The first-order chi connectivity index (χ1) is 16.3. The molecule has 0 aliphatic carbocycles. The van der Waals surface area contributed by atoms with E-state index in [0.29, 0.717) is 42.2 Å². The van der Waals surface area contributed by atoms with E-state index in [4.69, 9.17) is 13.9 Å². The Labute approximate surface area is 194 Å². The fourth-order valence-corrected chi connectivity index (χ4v) is 4.23. The van der Waals surface area contributed by atoms with Crippen LogP contribution in [0.25, 0.3) is 11.6 Å². The van der Waals surface area contributed by atoms with E-state index in [9.17, 15) is 4.79 Å². The van der Waals surface area contributed by atoms with Crippen LogP contribution >= 0.6 is 11.8 Å². The van der Waals surface area contributed by atoms with Crippen LogP contribution in [0.3, 0.4) is 0 Å². The molecule has 0 spiro atoms. The molecule has 1 atom stereocenters. The SMILES string of the molecule is O=C(CSc1nnc(-c2ccco2)n1Cc1ccccc1)NCC1COc2ccccc2O1. The molecule has 168 valence electrons. The maximum Gasteiger partial charge on any atom is 0.230 e. The average molecular weight is 463 g/mol. The zero-order valence-corrected chi connectivity index (χ0v) is 18.5. The summed E-state index contributed by atoms with van der Waals surface area (Å²) in [5, 5.41) is 12.2. The van der Waals surface area contributed by atoms with Crippen molar-refractivity contribution < 1.29 is 18.7 Å². The van der Waals surface area contributed by atoms with E-state index in [0.717, 1.165) is 11.3 Å². The lowest BCUT2D eigenvalue weighted by atomic mass is 10.2. The van der Waals surface area contributed by atoms with Crippen LogP contribution in [0.4, 0.5) is 0 Å². The average Bonchev–Trinajstić information content (AvgIpc) is 3.52. The molecule has 1 N–H and O–H groups in total. The van der Waals surface area contributed by atoms with Crippen molar-refractivity contribution in [2.45, 2.75) is 17.8 Å². The predicted molar refractivity (Wildman–Crippen MR) is 123 cm³/mol. The van der Waals surface area contributed by atoms with Crippen LogP contribution in [-0.4, -0.2) is 45.7 Å². The Morgan fingerprint density at radius 3 is 2.67 bits per heavy atom. The van der Waals surface area contributed by atoms with Gasteiger partial charge in [-0.05, 0) is 29.8 Å². The second kappa shape index (κ2) is 9.83. The van der Waals surface area contributed by atoms with Crippen molar-refractivity contribution in [3.05, 3.63) is 78.6 Å². The number of para-hydroxylation sites is 2. The number of carbonyl (C=O) groups excluding carboxylic acids is 1. The van der Waals surface area contributed by atoms with E-state index >= 15 is 0 Å². The largest absolute Gasteiger partial charge is 0.486 e. The van der Waals surface area contributed by atoms with Crippen molar-refractivity contribution in [3.8, 4) is 23.1 Å². The number of fused-ring (bicyclic) bond motifs is 1. The van der Waals surface area contributed by atoms with E-state index in [1.165, 1.54) is 11.8 Å². The van der Waals surface area contributed by atoms with Crippen molar-refractivity contribution in [3.63, 3.8) is 0 Å². The molecular formula is C24H22N4O4S. The number of hydrogen-bond acceptors (Lipinski definition) is 7. The Morgan fingerprint density at radius 1 is 1.03 bits per heavy atom. The molecule has 1 aliphatic rings. The number of amides is 1. The summed E-state index contributed by atoms with van der Waals surface area (Å²) in [6, 6.07) is 21.2. The number of nitrogens with zero attached hydrogens (tertiary/aromatic N) is 3. The molecule has 0 saturated heterocycles. The predicted octanol–water partition coefficient (Wildman–Crippen LogP) is 3.63. The second-order valence-electron chi connectivity index (χ2n) is 7.45. The first-order valence-corrected chi connectivity index (χ1v) is 11.5. The third-order valence-electron chi connectivity index (χ3n) is 5.07. The normalized spacial score (nSPS) is 14.7. The van der Waals surface area contributed by atoms with Gasteiger partial charge in [0.1, 0.15) is 12.7 Å². The Kier molecular flexibility index (Phi) is 6.30. The summed E-state index contributed by atoms with van der Waals surface area (Å²) in [4.78, 5) is 12.5. The van der Waals surface area contributed by atoms with E-state index < -0.39 is 0 Å². The number of thioether (sulfide) groups is 1. The van der Waals surface area contributed by atoms with Crippen molar-refractivity contribution in [2.24, 2.45) is 0 Å². The molecule has 9 heteroatoms. The first-order valence-electron chi connectivity index (χ1n) is 10.6. The maximum absolute atomic E-state index is 12.5. The maximum atomic E-state index is 12.5. The summed E-state index contributed by atoms with van der Waals surface area (Å²) in [6.07, 6.45) is 1.37. The number of rotatable bonds is 8. The minimum Gasteiger partial charge on any atom is -0.486 e. The summed E-state index contributed by atoms with van der Waals surface area (Å²) >= 11 is 1.33. The molecule has 4 aromatic rings. The number of ether oxygens (including phenoxy) is 2. The van der Waals surface area contributed by atoms with Gasteiger partial charge in [-0.3, -0.25) is 9.36 Å². The topological polar surface area (TPSA) is 91.4 Å². The van der Waals surface area contributed by atoms with Crippen molar-refractivity contribution in [2.75, 3.05) is 18.9 Å². The van der Waals surface area contributed by atoms with E-state index in [1.54, 1.807) is 6.26 Å². The third-order valence-corrected chi connectivity index (χ3v) is 6.04. The van der Waals surface area contributed by atoms with Gasteiger partial charge >= 0.3 is 0 Å². The monoisotopic (exact) mass is 462 g/mol. The van der Waals surface area contributed by atoms with Crippen molar-refractivity contribution in [1.82, 2.24) is 20.1 Å². The zero-order chi connectivity index (χ0) is 22.5. The number of carbonyl (C=O) groups is 1. The smallest absolute Gasteiger partial charge is 0.230 e. The highest BCUT2D eigenvalue weighted by Gasteiger charge is 2.22. The molecule has 5 rings (SSSR count). The van der Waals surface area contributed by atoms with E-state index in [-0.39, 0.29) is 17.8 Å². The number of furan rings is 1. The number of aromatic nitrogens is 3. The van der Waals surface area contributed by atoms with Crippen LogP contribution in [0.15, 0.2) is 82.6 Å². The summed E-state index contributed by atoms with van der Waals surface area (Å²) in [6.45, 7) is 1.32. The zero-order valence-electron chi connectivity index (χ0n) is 17.7. The standard InChI is InChI=1S/C24H22N4O4S/c29-22(25-13-18-15-31-19-9-4-5-10-20(19)32-18)16-33-24-27-26-23(21-11-6-12-30-21)28(24)14-17-7-2-1-3-8-17/h1-12,18H,13-16H2,(H,25,29). The van der Waals surface area contributed by atoms with Gasteiger partial charge in [0.05, 0.1) is 25.1 Å². The highest BCUT2D eigenvalue weighted by Crippen LogP contribution is 2.30. The van der Waals surface area contributed by atoms with Crippen LogP contribution < -0.4 is 14.8 Å². The molecule has 0 fully saturated rings. The van der Waals surface area contributed by atoms with Crippen molar-refractivity contribution in [1.29, 1.82) is 0 Å². The van der Waals surface area contributed by atoms with Gasteiger partial charge in [-0.25, -0.2) is 0 Å². The molecule has 33 heavy (non-hydrogen) atoms. The molecule has 8 nitrogen and oxygen atoms in total. The molecule has 2 aromatic heterocycles. The Morgan fingerprint density at radius 2 is 1.85 bits per heavy atom. The van der Waals surface area contributed by atoms with Crippen LogP contribution in [0.1, 0.15) is 5.56 Å². The molecule has 1 unspecified atom stereocenters. The van der Waals surface area contributed by atoms with Gasteiger partial charge < -0.3 is 19.2 Å². The molecule has 2 aromatic carbocycles. The minimum atomic E-state index is -0.235. The lowest BCUT2D eigenvalue weighted by molar-refractivity contribution is -0.119. The lowest BCUT2D eigenvalue weighted by Crippen LogP contribution is -2.41. The first kappa shape index (κ1) is 21.1. The van der Waals surface area contributed by atoms with Gasteiger partial charge in [0.15, 0.2) is 22.4 Å². The summed E-state index contributed by atoms with van der Waals surface area (Å²) in [7, 11) is 0. The Bertz CT molecular complexity index is 1210. The molecule has 1 amide bonds. The highest BCUT2D eigenvalue weighted by atomic mass is 32.2. The number of nitrogens with one attached hydrogen (secondary N) is 1. The lowest BCUT2D eigenvalue weighted by Gasteiger charge is -2.26. The third kappa shape index (κ3) is 5.04. The van der Waals surface area contributed by atoms with E-state index in [1.807, 2.05) is 71.3 Å². The van der Waals surface area contributed by atoms with Crippen molar-refractivity contribution >= 4 is 17.7 Å². The van der Waals surface area contributed by atoms with Gasteiger partial charge in [0.2, 0.25) is 11.7 Å². The summed E-state index contributed by atoms with van der Waals surface area (Å²) in [5.74, 6) is 2.76. The Hall–Kier alpha value is -3.72. The van der Waals surface area contributed by atoms with Crippen LogP contribution in [0.5, 0.6) is 11.5 Å². The van der Waals surface area contributed by atoms with Crippen LogP contribution in [0, 0.1) is 0 Å². The molecule has 0 radical (unpaired) electrons. The van der Waals surface area contributed by atoms with Gasteiger partial charge in [-0.2, -0.15) is 0 Å². The van der Waals surface area contributed by atoms with Gasteiger partial charge in [0, 0.05) is 0 Å². The molecule has 0 bridgehead atoms. The Balaban J connectivity index is 1.21. The van der Waals surface area contributed by atoms with Crippen LogP contribution in [-0.2, 0) is 11.3 Å². The number of benzene rings is 2. The fraction of sp³-hybridized carbons (Fsp3) is 0.208. The van der Waals surface area contributed by atoms with Gasteiger partial charge in [-0.15, -0.1) is 10.2 Å². The van der Waals surface area contributed by atoms with Gasteiger partial charge in [0.25, 0.3) is 0 Å². The molecular weight excluding hydrogens is 440 g/mol. The second-order valence-corrected chi connectivity index (χ2v) is 8.39. The molecule has 0 saturated carbocycles. The van der Waals surface area contributed by atoms with E-state index in [2.05, 4.69) is 15.5 Å².